The van der Waals surface area contributed by atoms with Gasteiger partial charge >= 0.3 is 5.97 Å². The topological polar surface area (TPSA) is 62.4 Å². The van der Waals surface area contributed by atoms with E-state index in [-0.39, 0.29) is 12.1 Å². The standard InChI is InChI=1S/C11H15N3O2/c15-11(7-10-13-5-6-14-10)16-9-3-1-2-4-12-8-9/h1-4,8,10,12-14H,5-7H2. The largest absolute Gasteiger partial charge is 0.425 e. The number of nitrogens with one attached hydrogen (secondary N) is 3. The number of hydrogen-bond donors (Lipinski definition) is 3. The Bertz CT molecular complexity index is 341. The Morgan fingerprint density at radius 1 is 1.38 bits per heavy atom. The van der Waals surface area contributed by atoms with Gasteiger partial charge in [0, 0.05) is 25.5 Å². The summed E-state index contributed by atoms with van der Waals surface area (Å²) < 4.78 is 5.19. The lowest BCUT2D eigenvalue weighted by atomic mass is 10.3. The van der Waals surface area contributed by atoms with Crippen LogP contribution in [0.4, 0.5) is 0 Å². The maximum atomic E-state index is 11.6. The highest BCUT2D eigenvalue weighted by Gasteiger charge is 2.18. The van der Waals surface area contributed by atoms with Crippen LogP contribution in [0.3, 0.4) is 0 Å². The monoisotopic (exact) mass is 221 g/mol. The van der Waals surface area contributed by atoms with Gasteiger partial charge < -0.3 is 20.7 Å². The zero-order valence-corrected chi connectivity index (χ0v) is 8.90. The number of carbonyl (C=O) groups is 1. The van der Waals surface area contributed by atoms with Crippen LogP contribution in [-0.4, -0.2) is 25.2 Å². The molecule has 2 rings (SSSR count). The van der Waals surface area contributed by atoms with E-state index in [9.17, 15) is 4.79 Å². The quantitative estimate of drug-likeness (QED) is 0.583. The fraction of sp³-hybridized carbons (Fsp3) is 0.364. The second kappa shape index (κ2) is 5.48. The number of hydrogen-bond acceptors (Lipinski definition) is 5. The molecule has 0 aromatic heterocycles. The number of allylic oxidation sites excluding steroid dienone is 3. The molecule has 5 nitrogen and oxygen atoms in total. The first-order valence-corrected chi connectivity index (χ1v) is 5.31. The molecule has 3 N–H and O–H groups in total. The van der Waals surface area contributed by atoms with E-state index < -0.39 is 0 Å². The average molecular weight is 221 g/mol. The molecular formula is C11H15N3O2. The van der Waals surface area contributed by atoms with Gasteiger partial charge in [0.1, 0.15) is 5.76 Å². The maximum Gasteiger partial charge on any atom is 0.314 e. The van der Waals surface area contributed by atoms with Crippen LogP contribution in [0.1, 0.15) is 6.42 Å². The molecule has 2 heterocycles. The molecule has 0 atom stereocenters. The SMILES string of the molecule is O=C(CC1NCCN1)OC1=CNC=CC=C1. The van der Waals surface area contributed by atoms with Crippen molar-refractivity contribution in [1.29, 1.82) is 0 Å². The van der Waals surface area contributed by atoms with E-state index in [1.165, 1.54) is 0 Å². The molecule has 0 aromatic rings. The van der Waals surface area contributed by atoms with Crippen molar-refractivity contribution in [3.63, 3.8) is 0 Å². The van der Waals surface area contributed by atoms with Gasteiger partial charge in [-0.2, -0.15) is 0 Å². The molecule has 1 saturated heterocycles. The molecule has 2 aliphatic heterocycles. The average Bonchev–Trinajstić information content (AvgIpc) is 2.62. The molecule has 16 heavy (non-hydrogen) atoms. The van der Waals surface area contributed by atoms with E-state index in [1.807, 2.05) is 12.2 Å². The molecule has 0 aliphatic carbocycles. The number of rotatable bonds is 3. The number of carbonyl (C=O) groups excluding carboxylic acids is 1. The lowest BCUT2D eigenvalue weighted by molar-refractivity contribution is -0.139. The van der Waals surface area contributed by atoms with Crippen LogP contribution >= 0.6 is 0 Å². The van der Waals surface area contributed by atoms with Crippen molar-refractivity contribution in [3.05, 3.63) is 36.4 Å². The van der Waals surface area contributed by atoms with Gasteiger partial charge in [-0.05, 0) is 12.2 Å². The minimum Gasteiger partial charge on any atom is -0.425 e. The molecular weight excluding hydrogens is 206 g/mol. The third kappa shape index (κ3) is 3.22. The normalized spacial score (nSPS) is 20.1. The molecule has 0 aromatic carbocycles. The highest BCUT2D eigenvalue weighted by Crippen LogP contribution is 2.05. The fourth-order valence-electron chi connectivity index (χ4n) is 1.55. The Morgan fingerprint density at radius 3 is 3.00 bits per heavy atom. The Balaban J connectivity index is 1.80. The molecule has 0 amide bonds. The minimum atomic E-state index is -0.244. The minimum absolute atomic E-state index is 0.0361. The van der Waals surface area contributed by atoms with Crippen LogP contribution in [-0.2, 0) is 9.53 Å². The predicted molar refractivity (Wildman–Crippen MR) is 60.0 cm³/mol. The first-order valence-electron chi connectivity index (χ1n) is 5.31. The maximum absolute atomic E-state index is 11.6. The molecule has 0 unspecified atom stereocenters. The van der Waals surface area contributed by atoms with Gasteiger partial charge in [-0.1, -0.05) is 6.08 Å². The van der Waals surface area contributed by atoms with Crippen molar-refractivity contribution in [2.24, 2.45) is 0 Å². The van der Waals surface area contributed by atoms with Crippen LogP contribution < -0.4 is 16.0 Å². The van der Waals surface area contributed by atoms with Gasteiger partial charge in [-0.15, -0.1) is 0 Å². The summed E-state index contributed by atoms with van der Waals surface area (Å²) in [7, 11) is 0. The summed E-state index contributed by atoms with van der Waals surface area (Å²) in [5.41, 5.74) is 0. The first-order chi connectivity index (χ1) is 7.84. The van der Waals surface area contributed by atoms with Gasteiger partial charge in [0.2, 0.25) is 0 Å². The van der Waals surface area contributed by atoms with Crippen LogP contribution in [0, 0.1) is 0 Å². The van der Waals surface area contributed by atoms with Gasteiger partial charge in [0.25, 0.3) is 0 Å². The van der Waals surface area contributed by atoms with E-state index in [4.69, 9.17) is 4.74 Å². The lowest BCUT2D eigenvalue weighted by Crippen LogP contribution is -2.33. The van der Waals surface area contributed by atoms with E-state index in [0.717, 1.165) is 13.1 Å². The van der Waals surface area contributed by atoms with Crippen LogP contribution in [0.2, 0.25) is 0 Å². The second-order valence-corrected chi connectivity index (χ2v) is 3.57. The number of ether oxygens (including phenoxy) is 1. The summed E-state index contributed by atoms with van der Waals surface area (Å²) in [6.45, 7) is 1.79. The fourth-order valence-corrected chi connectivity index (χ4v) is 1.55. The summed E-state index contributed by atoms with van der Waals surface area (Å²) >= 11 is 0. The van der Waals surface area contributed by atoms with Crippen LogP contribution in [0.15, 0.2) is 36.4 Å². The van der Waals surface area contributed by atoms with E-state index in [2.05, 4.69) is 16.0 Å². The van der Waals surface area contributed by atoms with Gasteiger partial charge in [0.15, 0.2) is 0 Å². The van der Waals surface area contributed by atoms with Gasteiger partial charge in [0.05, 0.1) is 12.6 Å². The molecule has 1 fully saturated rings. The van der Waals surface area contributed by atoms with Crippen molar-refractivity contribution >= 4 is 5.97 Å². The van der Waals surface area contributed by atoms with Crippen molar-refractivity contribution < 1.29 is 9.53 Å². The summed E-state index contributed by atoms with van der Waals surface area (Å²) in [5.74, 6) is 0.277. The lowest BCUT2D eigenvalue weighted by Gasteiger charge is -2.10. The van der Waals surface area contributed by atoms with E-state index in [0.29, 0.717) is 12.2 Å². The molecule has 2 aliphatic rings. The smallest absolute Gasteiger partial charge is 0.314 e. The van der Waals surface area contributed by atoms with Gasteiger partial charge in [-0.3, -0.25) is 4.79 Å². The van der Waals surface area contributed by atoms with Crippen LogP contribution in [0.5, 0.6) is 0 Å². The zero-order valence-electron chi connectivity index (χ0n) is 8.90. The first kappa shape index (κ1) is 10.9. The van der Waals surface area contributed by atoms with Crippen molar-refractivity contribution in [3.8, 4) is 0 Å². The molecule has 0 radical (unpaired) electrons. The summed E-state index contributed by atoms with van der Waals surface area (Å²) in [5, 5.41) is 9.20. The predicted octanol–water partition coefficient (Wildman–Crippen LogP) is -0.0469. The summed E-state index contributed by atoms with van der Waals surface area (Å²) in [6.07, 6.45) is 9.16. The molecule has 0 saturated carbocycles. The zero-order chi connectivity index (χ0) is 11.2. The van der Waals surface area contributed by atoms with E-state index in [1.54, 1.807) is 18.5 Å². The van der Waals surface area contributed by atoms with Crippen molar-refractivity contribution in [2.75, 3.05) is 13.1 Å². The van der Waals surface area contributed by atoms with E-state index >= 15 is 0 Å². The Labute approximate surface area is 94.2 Å². The Morgan fingerprint density at radius 2 is 2.19 bits per heavy atom. The molecule has 0 bridgehead atoms. The molecule has 86 valence electrons. The summed E-state index contributed by atoms with van der Waals surface area (Å²) in [6, 6.07) is 0. The summed E-state index contributed by atoms with van der Waals surface area (Å²) in [4.78, 5) is 11.6. The van der Waals surface area contributed by atoms with Crippen molar-refractivity contribution in [2.45, 2.75) is 12.6 Å². The molecule has 5 heteroatoms. The van der Waals surface area contributed by atoms with Gasteiger partial charge in [-0.25, -0.2) is 0 Å². The van der Waals surface area contributed by atoms with Crippen molar-refractivity contribution in [1.82, 2.24) is 16.0 Å². The van der Waals surface area contributed by atoms with Crippen LogP contribution in [0.25, 0.3) is 0 Å². The number of esters is 1. The third-order valence-electron chi connectivity index (χ3n) is 2.30. The highest BCUT2D eigenvalue weighted by molar-refractivity contribution is 5.71. The highest BCUT2D eigenvalue weighted by atomic mass is 16.5. The Kier molecular flexibility index (Phi) is 3.74. The third-order valence-corrected chi connectivity index (χ3v) is 2.30. The Hall–Kier alpha value is -1.59. The second-order valence-electron chi connectivity index (χ2n) is 3.57. The molecule has 0 spiro atoms.